The summed E-state index contributed by atoms with van der Waals surface area (Å²) >= 11 is 0. The Bertz CT molecular complexity index is 703. The number of carboxylic acids is 2. The molecule has 0 bridgehead atoms. The number of nitrogens with zero attached hydrogens (tertiary/aromatic N) is 1. The van der Waals surface area contributed by atoms with Gasteiger partial charge in [0.2, 0.25) is 0 Å². The van der Waals surface area contributed by atoms with Gasteiger partial charge in [0.25, 0.3) is 5.69 Å². The second-order valence-electron chi connectivity index (χ2n) is 5.01. The van der Waals surface area contributed by atoms with Crippen molar-refractivity contribution in [2.45, 2.75) is 26.7 Å². The zero-order chi connectivity index (χ0) is 17.6. The van der Waals surface area contributed by atoms with Crippen LogP contribution in [-0.2, 0) is 22.4 Å². The van der Waals surface area contributed by atoms with E-state index in [9.17, 15) is 19.7 Å². The van der Waals surface area contributed by atoms with Crippen molar-refractivity contribution in [2.24, 2.45) is 0 Å². The molecule has 0 aliphatic heterocycles. The number of hydrogen-bond acceptors (Lipinski definition) is 4. The first-order chi connectivity index (χ1) is 10.7. The van der Waals surface area contributed by atoms with Crippen LogP contribution >= 0.6 is 0 Å². The van der Waals surface area contributed by atoms with Crippen molar-refractivity contribution in [3.63, 3.8) is 0 Å². The molecule has 0 radical (unpaired) electrons. The van der Waals surface area contributed by atoms with Gasteiger partial charge in [0, 0.05) is 22.8 Å². The predicted octanol–water partition coefficient (Wildman–Crippen LogP) is 2.74. The lowest BCUT2D eigenvalue weighted by molar-refractivity contribution is -0.385. The Balaban J connectivity index is 3.05. The maximum Gasteiger partial charge on any atom is 0.330 e. The molecule has 0 unspecified atom stereocenters. The molecule has 7 heteroatoms. The first-order valence-electron chi connectivity index (χ1n) is 6.78. The number of hydrogen-bond donors (Lipinski definition) is 2. The smallest absolute Gasteiger partial charge is 0.330 e. The van der Waals surface area contributed by atoms with E-state index in [0.717, 1.165) is 0 Å². The third-order valence-corrected chi connectivity index (χ3v) is 3.29. The monoisotopic (exact) mass is 319 g/mol. The molecule has 23 heavy (non-hydrogen) atoms. The van der Waals surface area contributed by atoms with E-state index in [1.807, 2.05) is 0 Å². The molecule has 0 aliphatic rings. The summed E-state index contributed by atoms with van der Waals surface area (Å²) in [5.74, 6) is -2.11. The van der Waals surface area contributed by atoms with Crippen LogP contribution in [0.25, 0.3) is 0 Å². The van der Waals surface area contributed by atoms with E-state index in [2.05, 4.69) is 0 Å². The van der Waals surface area contributed by atoms with Crippen LogP contribution in [0.15, 0.2) is 41.5 Å². The fraction of sp³-hybridized carbons (Fsp3) is 0.250. The number of rotatable bonds is 7. The third kappa shape index (κ3) is 5.39. The highest BCUT2D eigenvalue weighted by Gasteiger charge is 2.14. The zero-order valence-corrected chi connectivity index (χ0v) is 12.8. The predicted molar refractivity (Wildman–Crippen MR) is 83.3 cm³/mol. The summed E-state index contributed by atoms with van der Waals surface area (Å²) in [5, 5.41) is 28.7. The van der Waals surface area contributed by atoms with Gasteiger partial charge >= 0.3 is 11.9 Å². The topological polar surface area (TPSA) is 118 Å². The molecular weight excluding hydrogens is 302 g/mol. The molecule has 1 aromatic rings. The highest BCUT2D eigenvalue weighted by atomic mass is 16.6. The van der Waals surface area contributed by atoms with Crippen LogP contribution in [0.3, 0.4) is 0 Å². The Hall–Kier alpha value is -2.96. The lowest BCUT2D eigenvalue weighted by atomic mass is 10.0. The van der Waals surface area contributed by atoms with Crippen molar-refractivity contribution in [3.8, 4) is 0 Å². The summed E-state index contributed by atoms with van der Waals surface area (Å²) in [6, 6.07) is 4.60. The van der Waals surface area contributed by atoms with E-state index in [4.69, 9.17) is 10.2 Å². The number of benzene rings is 1. The summed E-state index contributed by atoms with van der Waals surface area (Å²) in [7, 11) is 0. The Morgan fingerprint density at radius 1 is 1.09 bits per heavy atom. The summed E-state index contributed by atoms with van der Waals surface area (Å²) in [6.07, 6.45) is 3.30. The Kier molecular flexibility index (Phi) is 6.20. The molecule has 2 N–H and O–H groups in total. The lowest BCUT2D eigenvalue weighted by Gasteiger charge is -2.04. The van der Waals surface area contributed by atoms with Gasteiger partial charge < -0.3 is 10.2 Å². The van der Waals surface area contributed by atoms with Gasteiger partial charge in [0.15, 0.2) is 0 Å². The quantitative estimate of drug-likeness (QED) is 0.453. The Labute approximate surface area is 132 Å². The van der Waals surface area contributed by atoms with E-state index in [-0.39, 0.29) is 29.7 Å². The van der Waals surface area contributed by atoms with Crippen LogP contribution in [0.5, 0.6) is 0 Å². The second kappa shape index (κ2) is 7.88. The molecule has 0 atom stereocenters. The molecular formula is C16H17NO6. The van der Waals surface area contributed by atoms with E-state index < -0.39 is 16.9 Å². The molecule has 0 aromatic heterocycles. The maximum atomic E-state index is 11.2. The number of aliphatic carboxylic acids is 2. The van der Waals surface area contributed by atoms with Crippen LogP contribution < -0.4 is 0 Å². The average Bonchev–Trinajstić information content (AvgIpc) is 2.49. The fourth-order valence-electron chi connectivity index (χ4n) is 1.79. The van der Waals surface area contributed by atoms with Crippen molar-refractivity contribution >= 4 is 17.6 Å². The summed E-state index contributed by atoms with van der Waals surface area (Å²) in [5.41, 5.74) is 1.18. The van der Waals surface area contributed by atoms with Gasteiger partial charge in [-0.15, -0.1) is 0 Å². The van der Waals surface area contributed by atoms with Gasteiger partial charge in [0.05, 0.1) is 4.92 Å². The first-order valence-corrected chi connectivity index (χ1v) is 6.78. The molecule has 0 amide bonds. The minimum atomic E-state index is -1.07. The van der Waals surface area contributed by atoms with Crippen LogP contribution in [0.2, 0.25) is 0 Å². The number of carbonyl (C=O) groups is 2. The SMILES string of the molecule is CC(=CCc1ccc(CC=C(C)C(=O)O)c([N+](=O)[O-])c1)C(=O)O. The lowest BCUT2D eigenvalue weighted by Crippen LogP contribution is -2.00. The van der Waals surface area contributed by atoms with Gasteiger partial charge in [-0.3, -0.25) is 10.1 Å². The fourth-order valence-corrected chi connectivity index (χ4v) is 1.79. The summed E-state index contributed by atoms with van der Waals surface area (Å²) in [4.78, 5) is 32.1. The van der Waals surface area contributed by atoms with Crippen LogP contribution in [0, 0.1) is 10.1 Å². The highest BCUT2D eigenvalue weighted by Crippen LogP contribution is 2.22. The van der Waals surface area contributed by atoms with Gasteiger partial charge in [-0.05, 0) is 32.3 Å². The molecule has 1 rings (SSSR count). The van der Waals surface area contributed by atoms with Gasteiger partial charge in [-0.2, -0.15) is 0 Å². The normalized spacial score (nSPS) is 12.1. The molecule has 122 valence electrons. The third-order valence-electron chi connectivity index (χ3n) is 3.29. The van der Waals surface area contributed by atoms with Crippen LogP contribution in [0.1, 0.15) is 25.0 Å². The average molecular weight is 319 g/mol. The first kappa shape index (κ1) is 18.1. The molecule has 0 saturated heterocycles. The van der Waals surface area contributed by atoms with Crippen molar-refractivity contribution in [1.29, 1.82) is 0 Å². The number of carboxylic acid groups (broad SMARTS) is 2. The summed E-state index contributed by atoms with van der Waals surface area (Å²) < 4.78 is 0. The molecule has 0 saturated carbocycles. The number of allylic oxidation sites excluding steroid dienone is 2. The van der Waals surface area contributed by atoms with E-state index in [1.165, 1.54) is 32.1 Å². The highest BCUT2D eigenvalue weighted by molar-refractivity contribution is 5.86. The minimum Gasteiger partial charge on any atom is -0.478 e. The molecule has 0 heterocycles. The van der Waals surface area contributed by atoms with Crippen LogP contribution in [0.4, 0.5) is 5.69 Å². The molecule has 0 aliphatic carbocycles. The standard InChI is InChI=1S/C16H17NO6/c1-10(15(18)19)3-5-12-6-8-13(14(9-12)17(22)23)7-4-11(2)16(20)21/h3-4,6,8-9H,5,7H2,1-2H3,(H,18,19)(H,20,21). The second-order valence-corrected chi connectivity index (χ2v) is 5.01. The molecule has 0 spiro atoms. The minimum absolute atomic E-state index is 0.113. The zero-order valence-electron chi connectivity index (χ0n) is 12.8. The molecule has 1 aromatic carbocycles. The van der Waals surface area contributed by atoms with Crippen molar-refractivity contribution < 1.29 is 24.7 Å². The van der Waals surface area contributed by atoms with Crippen molar-refractivity contribution in [3.05, 3.63) is 62.7 Å². The Morgan fingerprint density at radius 2 is 1.61 bits per heavy atom. The van der Waals surface area contributed by atoms with E-state index >= 15 is 0 Å². The maximum absolute atomic E-state index is 11.2. The van der Waals surface area contributed by atoms with Crippen LogP contribution in [-0.4, -0.2) is 27.1 Å². The van der Waals surface area contributed by atoms with Gasteiger partial charge in [0.1, 0.15) is 0 Å². The van der Waals surface area contributed by atoms with Crippen molar-refractivity contribution in [1.82, 2.24) is 0 Å². The van der Waals surface area contributed by atoms with Gasteiger partial charge in [-0.25, -0.2) is 9.59 Å². The van der Waals surface area contributed by atoms with Gasteiger partial charge in [-0.1, -0.05) is 24.3 Å². The molecule has 0 fully saturated rings. The Morgan fingerprint density at radius 3 is 2.09 bits per heavy atom. The largest absolute Gasteiger partial charge is 0.478 e. The van der Waals surface area contributed by atoms with E-state index in [1.54, 1.807) is 12.1 Å². The number of nitro groups is 1. The van der Waals surface area contributed by atoms with Crippen molar-refractivity contribution in [2.75, 3.05) is 0 Å². The van der Waals surface area contributed by atoms with E-state index in [0.29, 0.717) is 11.1 Å². The number of nitro benzene ring substituents is 1. The molecule has 7 nitrogen and oxygen atoms in total. The summed E-state index contributed by atoms with van der Waals surface area (Å²) in [6.45, 7) is 2.87.